The van der Waals surface area contributed by atoms with E-state index in [2.05, 4.69) is 37.7 Å². The third-order valence-corrected chi connectivity index (χ3v) is 5.97. The maximum absolute atomic E-state index is 13.5. The van der Waals surface area contributed by atoms with Gasteiger partial charge in [-0.2, -0.15) is 5.10 Å². The minimum Gasteiger partial charge on any atom is -0.493 e. The first kappa shape index (κ1) is 22.7. The van der Waals surface area contributed by atoms with Crippen LogP contribution < -0.4 is 19.1 Å². The number of aryl methyl sites for hydroxylation is 1. The summed E-state index contributed by atoms with van der Waals surface area (Å²) in [6.07, 6.45) is 5.46. The van der Waals surface area contributed by atoms with Gasteiger partial charge in [0.1, 0.15) is 6.54 Å². The van der Waals surface area contributed by atoms with Gasteiger partial charge in [0.25, 0.3) is 0 Å². The molecule has 0 fully saturated rings. The molecule has 0 aliphatic carbocycles. The number of benzene rings is 2. The molecule has 0 unspecified atom stereocenters. The van der Waals surface area contributed by atoms with E-state index in [1.807, 2.05) is 19.3 Å². The molecule has 0 saturated heterocycles. The maximum Gasteiger partial charge on any atom is 0.249 e. The van der Waals surface area contributed by atoms with Gasteiger partial charge in [0.2, 0.25) is 11.7 Å². The normalized spacial score (nSPS) is 10.9. The number of anilines is 1. The highest BCUT2D eigenvalue weighted by molar-refractivity contribution is 9.10. The van der Waals surface area contributed by atoms with Crippen LogP contribution in [-0.4, -0.2) is 41.6 Å². The van der Waals surface area contributed by atoms with Crippen LogP contribution in [0.25, 0.3) is 10.9 Å². The minimum atomic E-state index is -0.125. The summed E-state index contributed by atoms with van der Waals surface area (Å²) in [7, 11) is 6.65. The smallest absolute Gasteiger partial charge is 0.249 e. The zero-order chi connectivity index (χ0) is 23.5. The van der Waals surface area contributed by atoms with Crippen LogP contribution in [0.15, 0.2) is 59.5 Å². The number of fused-ring (bicyclic) bond motifs is 1. The van der Waals surface area contributed by atoms with Gasteiger partial charge >= 0.3 is 0 Å². The van der Waals surface area contributed by atoms with Crippen molar-refractivity contribution in [2.45, 2.75) is 13.1 Å². The standard InChI is InChI=1S/C24H25BrN4O4/c1-27-13-16(19-10-17(25)6-7-20(19)27)14-29(23(30)15-28-9-5-8-26-28)18-11-21(31-2)24(33-4)22(12-18)32-3/h5-13H,14-15H2,1-4H3. The highest BCUT2D eigenvalue weighted by Crippen LogP contribution is 2.41. The predicted octanol–water partition coefficient (Wildman–Crippen LogP) is 4.40. The van der Waals surface area contributed by atoms with Crippen LogP contribution in [0.3, 0.4) is 0 Å². The number of amides is 1. The number of ether oxygens (including phenoxy) is 3. The Balaban J connectivity index is 1.81. The average molecular weight is 513 g/mol. The zero-order valence-corrected chi connectivity index (χ0v) is 20.5. The van der Waals surface area contributed by atoms with Crippen molar-refractivity contribution in [2.75, 3.05) is 26.2 Å². The number of halogens is 1. The molecule has 0 N–H and O–H groups in total. The zero-order valence-electron chi connectivity index (χ0n) is 18.9. The molecular weight excluding hydrogens is 488 g/mol. The molecule has 9 heteroatoms. The fourth-order valence-corrected chi connectivity index (χ4v) is 4.27. The quantitative estimate of drug-likeness (QED) is 0.350. The Morgan fingerprint density at radius 3 is 2.42 bits per heavy atom. The molecule has 0 atom stereocenters. The van der Waals surface area contributed by atoms with E-state index >= 15 is 0 Å². The van der Waals surface area contributed by atoms with E-state index in [4.69, 9.17) is 14.2 Å². The van der Waals surface area contributed by atoms with Crippen LogP contribution in [0.4, 0.5) is 5.69 Å². The van der Waals surface area contributed by atoms with Gasteiger partial charge in [-0.25, -0.2) is 0 Å². The van der Waals surface area contributed by atoms with Crippen LogP contribution in [0.1, 0.15) is 5.56 Å². The first-order valence-corrected chi connectivity index (χ1v) is 11.1. The monoisotopic (exact) mass is 512 g/mol. The lowest BCUT2D eigenvalue weighted by Gasteiger charge is -2.25. The van der Waals surface area contributed by atoms with E-state index in [9.17, 15) is 4.79 Å². The van der Waals surface area contributed by atoms with Crippen LogP contribution >= 0.6 is 15.9 Å². The Kier molecular flexibility index (Phi) is 6.60. The number of carbonyl (C=O) groups is 1. The molecule has 1 amide bonds. The number of methoxy groups -OCH3 is 3. The van der Waals surface area contributed by atoms with E-state index in [-0.39, 0.29) is 12.5 Å². The van der Waals surface area contributed by atoms with Crippen molar-refractivity contribution in [3.63, 3.8) is 0 Å². The Hall–Kier alpha value is -3.46. The summed E-state index contributed by atoms with van der Waals surface area (Å²) < 4.78 is 21.1. The van der Waals surface area contributed by atoms with Gasteiger partial charge < -0.3 is 23.7 Å². The summed E-state index contributed by atoms with van der Waals surface area (Å²) in [5.74, 6) is 1.30. The van der Waals surface area contributed by atoms with E-state index < -0.39 is 0 Å². The Morgan fingerprint density at radius 1 is 1.09 bits per heavy atom. The van der Waals surface area contributed by atoms with Gasteiger partial charge in [0, 0.05) is 53.1 Å². The second kappa shape index (κ2) is 9.58. The van der Waals surface area contributed by atoms with Crippen LogP contribution in [0.2, 0.25) is 0 Å². The predicted molar refractivity (Wildman–Crippen MR) is 130 cm³/mol. The first-order valence-electron chi connectivity index (χ1n) is 10.3. The summed E-state index contributed by atoms with van der Waals surface area (Å²) in [5.41, 5.74) is 2.72. The van der Waals surface area contributed by atoms with Crippen molar-refractivity contribution in [2.24, 2.45) is 7.05 Å². The Morgan fingerprint density at radius 2 is 1.82 bits per heavy atom. The number of hydrogen-bond donors (Lipinski definition) is 0. The summed E-state index contributed by atoms with van der Waals surface area (Å²) in [5, 5.41) is 5.26. The van der Waals surface area contributed by atoms with Gasteiger partial charge in [0.15, 0.2) is 11.5 Å². The topological polar surface area (TPSA) is 70.8 Å². The van der Waals surface area contributed by atoms with E-state index in [0.717, 1.165) is 20.9 Å². The molecule has 4 rings (SSSR count). The van der Waals surface area contributed by atoms with Crippen molar-refractivity contribution in [1.29, 1.82) is 0 Å². The summed E-state index contributed by atoms with van der Waals surface area (Å²) >= 11 is 3.56. The van der Waals surface area contributed by atoms with Crippen molar-refractivity contribution in [3.05, 3.63) is 65.0 Å². The number of nitrogens with zero attached hydrogens (tertiary/aromatic N) is 4. The molecule has 0 radical (unpaired) electrons. The first-order chi connectivity index (χ1) is 15.9. The van der Waals surface area contributed by atoms with Crippen LogP contribution in [0, 0.1) is 0 Å². The lowest BCUT2D eigenvalue weighted by molar-refractivity contribution is -0.119. The van der Waals surface area contributed by atoms with Gasteiger partial charge in [0.05, 0.1) is 33.6 Å². The third-order valence-electron chi connectivity index (χ3n) is 5.48. The van der Waals surface area contributed by atoms with E-state index in [0.29, 0.717) is 29.5 Å². The Bertz CT molecular complexity index is 1260. The number of carbonyl (C=O) groups excluding carboxylic acids is 1. The molecule has 33 heavy (non-hydrogen) atoms. The van der Waals surface area contributed by atoms with Crippen molar-refractivity contribution in [1.82, 2.24) is 14.3 Å². The van der Waals surface area contributed by atoms with Crippen molar-refractivity contribution < 1.29 is 19.0 Å². The molecule has 0 spiro atoms. The molecule has 2 aromatic heterocycles. The van der Waals surface area contributed by atoms with Crippen LogP contribution in [0.5, 0.6) is 17.2 Å². The molecule has 4 aromatic rings. The molecule has 0 bridgehead atoms. The van der Waals surface area contributed by atoms with Gasteiger partial charge in [-0.1, -0.05) is 15.9 Å². The molecule has 0 aliphatic heterocycles. The Labute approximate surface area is 200 Å². The van der Waals surface area contributed by atoms with Crippen molar-refractivity contribution >= 4 is 38.4 Å². The molecule has 0 aliphatic rings. The summed E-state index contributed by atoms with van der Waals surface area (Å²) in [6.45, 7) is 0.449. The van der Waals surface area contributed by atoms with Gasteiger partial charge in [-0.3, -0.25) is 9.48 Å². The molecule has 172 valence electrons. The SMILES string of the molecule is COc1cc(N(Cc2cn(C)c3ccc(Br)cc23)C(=O)Cn2cccn2)cc(OC)c1OC. The molecular formula is C24H25BrN4O4. The highest BCUT2D eigenvalue weighted by Gasteiger charge is 2.23. The summed E-state index contributed by atoms with van der Waals surface area (Å²) in [4.78, 5) is 15.2. The number of aromatic nitrogens is 3. The molecule has 8 nitrogen and oxygen atoms in total. The maximum atomic E-state index is 13.5. The lowest BCUT2D eigenvalue weighted by atomic mass is 10.1. The second-order valence-corrected chi connectivity index (χ2v) is 8.41. The lowest BCUT2D eigenvalue weighted by Crippen LogP contribution is -2.33. The highest BCUT2D eigenvalue weighted by atomic mass is 79.9. The number of rotatable bonds is 8. The van der Waals surface area contributed by atoms with Crippen molar-refractivity contribution in [3.8, 4) is 17.2 Å². The second-order valence-electron chi connectivity index (χ2n) is 7.49. The van der Waals surface area contributed by atoms with E-state index in [1.165, 1.54) is 0 Å². The molecule has 2 aromatic carbocycles. The summed E-state index contributed by atoms with van der Waals surface area (Å²) in [6, 6.07) is 11.5. The molecule has 0 saturated carbocycles. The minimum absolute atomic E-state index is 0.0954. The number of hydrogen-bond acceptors (Lipinski definition) is 5. The van der Waals surface area contributed by atoms with Crippen LogP contribution in [-0.2, 0) is 24.9 Å². The average Bonchev–Trinajstić information content (AvgIpc) is 3.43. The van der Waals surface area contributed by atoms with E-state index in [1.54, 1.807) is 61.5 Å². The fraction of sp³-hybridized carbons (Fsp3) is 0.250. The van der Waals surface area contributed by atoms with Gasteiger partial charge in [-0.15, -0.1) is 0 Å². The van der Waals surface area contributed by atoms with Gasteiger partial charge in [-0.05, 0) is 29.8 Å². The molecule has 2 heterocycles. The fourth-order valence-electron chi connectivity index (χ4n) is 3.91. The largest absolute Gasteiger partial charge is 0.493 e. The third kappa shape index (κ3) is 4.54.